The van der Waals surface area contributed by atoms with E-state index in [2.05, 4.69) is 11.1 Å². The fourth-order valence-electron chi connectivity index (χ4n) is 3.04. The Morgan fingerprint density at radius 2 is 2.00 bits per heavy atom. The second-order valence-electron chi connectivity index (χ2n) is 5.08. The standard InChI is InChI=1S/C15H19NO2/c1-18-14-5-3-2-4-12(14)15(17)13-10-16-8-6-11(13)7-9-16/h2-5,10-11,15,17H,6-9H2,1H3. The molecule has 1 N–H and O–H groups in total. The molecule has 1 atom stereocenters. The number of aliphatic hydroxyl groups excluding tert-OH is 1. The molecule has 3 nitrogen and oxygen atoms in total. The number of nitrogens with zero attached hydrogens (tertiary/aromatic N) is 1. The molecule has 0 amide bonds. The van der Waals surface area contributed by atoms with Crippen molar-refractivity contribution < 1.29 is 9.84 Å². The van der Waals surface area contributed by atoms with Gasteiger partial charge in [0.15, 0.2) is 0 Å². The van der Waals surface area contributed by atoms with E-state index in [4.69, 9.17) is 4.74 Å². The molecule has 0 radical (unpaired) electrons. The number of rotatable bonds is 3. The van der Waals surface area contributed by atoms with Gasteiger partial charge in [0.1, 0.15) is 11.9 Å². The number of piperidine rings is 1. The van der Waals surface area contributed by atoms with E-state index in [0.29, 0.717) is 5.92 Å². The molecule has 1 unspecified atom stereocenters. The number of hydrogen-bond donors (Lipinski definition) is 1. The van der Waals surface area contributed by atoms with Crippen LogP contribution in [0, 0.1) is 5.92 Å². The van der Waals surface area contributed by atoms with Gasteiger partial charge >= 0.3 is 0 Å². The molecule has 3 aliphatic rings. The van der Waals surface area contributed by atoms with Crippen molar-refractivity contribution in [2.45, 2.75) is 18.9 Å². The van der Waals surface area contributed by atoms with Gasteiger partial charge in [0.25, 0.3) is 0 Å². The maximum Gasteiger partial charge on any atom is 0.124 e. The van der Waals surface area contributed by atoms with Gasteiger partial charge < -0.3 is 14.7 Å². The number of ether oxygens (including phenoxy) is 1. The first-order valence-corrected chi connectivity index (χ1v) is 6.56. The van der Waals surface area contributed by atoms with E-state index >= 15 is 0 Å². The summed E-state index contributed by atoms with van der Waals surface area (Å²) in [5, 5.41) is 10.6. The van der Waals surface area contributed by atoms with Crippen LogP contribution in [0.1, 0.15) is 24.5 Å². The van der Waals surface area contributed by atoms with Gasteiger partial charge in [-0.05, 0) is 30.4 Å². The second-order valence-corrected chi connectivity index (χ2v) is 5.08. The predicted molar refractivity (Wildman–Crippen MR) is 70.3 cm³/mol. The van der Waals surface area contributed by atoms with Crippen molar-refractivity contribution in [2.75, 3.05) is 20.2 Å². The molecular formula is C15H19NO2. The van der Waals surface area contributed by atoms with Crippen molar-refractivity contribution in [2.24, 2.45) is 5.92 Å². The van der Waals surface area contributed by atoms with Gasteiger partial charge in [-0.3, -0.25) is 0 Å². The first kappa shape index (κ1) is 11.6. The van der Waals surface area contributed by atoms with Crippen LogP contribution < -0.4 is 4.74 Å². The third-order valence-electron chi connectivity index (χ3n) is 4.08. The summed E-state index contributed by atoms with van der Waals surface area (Å²) in [6.45, 7) is 2.26. The van der Waals surface area contributed by atoms with Crippen molar-refractivity contribution in [3.05, 3.63) is 41.6 Å². The molecule has 0 saturated carbocycles. The number of hydrogen-bond acceptors (Lipinski definition) is 3. The van der Waals surface area contributed by atoms with E-state index in [9.17, 15) is 5.11 Å². The third-order valence-corrected chi connectivity index (χ3v) is 4.08. The molecule has 0 aromatic heterocycles. The van der Waals surface area contributed by atoms with E-state index in [-0.39, 0.29) is 0 Å². The monoisotopic (exact) mass is 245 g/mol. The molecule has 1 saturated heterocycles. The summed E-state index contributed by atoms with van der Waals surface area (Å²) >= 11 is 0. The Labute approximate surface area is 108 Å². The zero-order valence-electron chi connectivity index (χ0n) is 10.7. The Hall–Kier alpha value is -1.48. The van der Waals surface area contributed by atoms with Crippen molar-refractivity contribution in [3.8, 4) is 5.75 Å². The van der Waals surface area contributed by atoms with Gasteiger partial charge in [-0.15, -0.1) is 0 Å². The highest BCUT2D eigenvalue weighted by molar-refractivity contribution is 5.40. The Bertz CT molecular complexity index is 461. The fourth-order valence-corrected chi connectivity index (χ4v) is 3.04. The summed E-state index contributed by atoms with van der Waals surface area (Å²) in [7, 11) is 1.65. The minimum Gasteiger partial charge on any atom is -0.496 e. The van der Waals surface area contributed by atoms with Gasteiger partial charge in [0, 0.05) is 24.9 Å². The number of para-hydroxylation sites is 1. The molecule has 2 bridgehead atoms. The summed E-state index contributed by atoms with van der Waals surface area (Å²) in [4.78, 5) is 2.31. The topological polar surface area (TPSA) is 32.7 Å². The van der Waals surface area contributed by atoms with Crippen molar-refractivity contribution in [1.29, 1.82) is 0 Å². The number of methoxy groups -OCH3 is 1. The van der Waals surface area contributed by atoms with Crippen LogP contribution in [0.15, 0.2) is 36.0 Å². The molecule has 4 rings (SSSR count). The van der Waals surface area contributed by atoms with Gasteiger partial charge in [-0.1, -0.05) is 18.2 Å². The van der Waals surface area contributed by atoms with Crippen LogP contribution >= 0.6 is 0 Å². The van der Waals surface area contributed by atoms with Crippen LogP contribution in [-0.4, -0.2) is 30.2 Å². The van der Waals surface area contributed by atoms with Gasteiger partial charge in [0.2, 0.25) is 0 Å². The zero-order chi connectivity index (χ0) is 12.5. The molecule has 0 aliphatic carbocycles. The molecule has 1 fully saturated rings. The lowest BCUT2D eigenvalue weighted by atomic mass is 9.81. The zero-order valence-corrected chi connectivity index (χ0v) is 10.7. The molecule has 3 heterocycles. The highest BCUT2D eigenvalue weighted by Crippen LogP contribution is 2.40. The van der Waals surface area contributed by atoms with Crippen molar-refractivity contribution >= 4 is 0 Å². The SMILES string of the molecule is COc1ccccc1C(O)C1=CN2CCC1CC2. The molecule has 1 aromatic rings. The lowest BCUT2D eigenvalue weighted by Crippen LogP contribution is -2.37. The molecule has 1 aromatic carbocycles. The molecule has 18 heavy (non-hydrogen) atoms. The maximum atomic E-state index is 10.6. The van der Waals surface area contributed by atoms with Crippen LogP contribution in [0.25, 0.3) is 0 Å². The average Bonchev–Trinajstić information content (AvgIpc) is 2.47. The first-order valence-electron chi connectivity index (χ1n) is 6.56. The quantitative estimate of drug-likeness (QED) is 0.887. The fraction of sp³-hybridized carbons (Fsp3) is 0.467. The van der Waals surface area contributed by atoms with Crippen LogP contribution in [0.3, 0.4) is 0 Å². The summed E-state index contributed by atoms with van der Waals surface area (Å²) in [6, 6.07) is 7.73. The highest BCUT2D eigenvalue weighted by atomic mass is 16.5. The Balaban J connectivity index is 1.93. The van der Waals surface area contributed by atoms with Gasteiger partial charge in [0.05, 0.1) is 7.11 Å². The van der Waals surface area contributed by atoms with E-state index in [0.717, 1.165) is 42.8 Å². The molecule has 3 heteroatoms. The van der Waals surface area contributed by atoms with E-state index in [1.165, 1.54) is 0 Å². The average molecular weight is 245 g/mol. The molecule has 0 spiro atoms. The van der Waals surface area contributed by atoms with E-state index in [1.54, 1.807) is 7.11 Å². The minimum atomic E-state index is -0.533. The second kappa shape index (κ2) is 4.65. The van der Waals surface area contributed by atoms with Crippen molar-refractivity contribution in [1.82, 2.24) is 4.90 Å². The van der Waals surface area contributed by atoms with E-state index < -0.39 is 6.10 Å². The normalized spacial score (nSPS) is 20.8. The van der Waals surface area contributed by atoms with Crippen LogP contribution in [0.4, 0.5) is 0 Å². The minimum absolute atomic E-state index is 0.533. The number of benzene rings is 1. The Morgan fingerprint density at radius 1 is 1.28 bits per heavy atom. The van der Waals surface area contributed by atoms with Crippen LogP contribution in [0.5, 0.6) is 5.75 Å². The Kier molecular flexibility index (Phi) is 3.00. The van der Waals surface area contributed by atoms with Crippen molar-refractivity contribution in [3.63, 3.8) is 0 Å². The summed E-state index contributed by atoms with van der Waals surface area (Å²) in [6.07, 6.45) is 3.94. The van der Waals surface area contributed by atoms with Gasteiger partial charge in [-0.2, -0.15) is 0 Å². The largest absolute Gasteiger partial charge is 0.496 e. The molecule has 96 valence electrons. The third kappa shape index (κ3) is 1.89. The lowest BCUT2D eigenvalue weighted by molar-refractivity contribution is 0.149. The summed E-state index contributed by atoms with van der Waals surface area (Å²) in [5.41, 5.74) is 2.03. The molecular weight excluding hydrogens is 226 g/mol. The molecule has 3 aliphatic heterocycles. The number of fused-ring (bicyclic) bond motifs is 2. The maximum absolute atomic E-state index is 10.6. The van der Waals surface area contributed by atoms with Gasteiger partial charge in [-0.25, -0.2) is 0 Å². The van der Waals surface area contributed by atoms with E-state index in [1.807, 2.05) is 24.3 Å². The predicted octanol–water partition coefficient (Wildman–Crippen LogP) is 2.34. The summed E-state index contributed by atoms with van der Waals surface area (Å²) < 4.78 is 5.34. The lowest BCUT2D eigenvalue weighted by Gasteiger charge is -2.40. The Morgan fingerprint density at radius 3 is 2.61 bits per heavy atom. The summed E-state index contributed by atoms with van der Waals surface area (Å²) in [5.74, 6) is 1.30. The van der Waals surface area contributed by atoms with Crippen LogP contribution in [0.2, 0.25) is 0 Å². The smallest absolute Gasteiger partial charge is 0.124 e. The number of aliphatic hydroxyl groups is 1. The van der Waals surface area contributed by atoms with Crippen LogP contribution in [-0.2, 0) is 0 Å². The highest BCUT2D eigenvalue weighted by Gasteiger charge is 2.32. The first-order chi connectivity index (χ1) is 8.79.